The molecule has 1 aliphatic carbocycles. The largest absolute Gasteiger partial charge is 0.491 e. The Balaban J connectivity index is 0.00000264. The van der Waals surface area contributed by atoms with E-state index in [-0.39, 0.29) is 23.9 Å². The topological polar surface area (TPSA) is 35.2 Å². The molecule has 1 saturated carbocycles. The second-order valence-corrected chi connectivity index (χ2v) is 7.72. The Kier molecular flexibility index (Phi) is 7.70. The van der Waals surface area contributed by atoms with Crippen LogP contribution >= 0.6 is 24.0 Å². The van der Waals surface area contributed by atoms with Gasteiger partial charge in [0, 0.05) is 6.04 Å². The van der Waals surface area contributed by atoms with E-state index in [4.69, 9.17) is 22.1 Å². The van der Waals surface area contributed by atoms with Crippen LogP contribution in [0.2, 0.25) is 5.02 Å². The van der Waals surface area contributed by atoms with Gasteiger partial charge >= 0.3 is 0 Å². The molecular formula is C19H31Cl2NO. The Bertz CT molecular complexity index is 512. The Morgan fingerprint density at radius 1 is 1.30 bits per heavy atom. The third-order valence-electron chi connectivity index (χ3n) is 4.95. The normalized spacial score (nSPS) is 15.9. The molecule has 0 radical (unpaired) electrons. The fourth-order valence-electron chi connectivity index (χ4n) is 2.47. The first-order valence-corrected chi connectivity index (χ1v) is 8.96. The van der Waals surface area contributed by atoms with Gasteiger partial charge in [-0.25, -0.2) is 0 Å². The van der Waals surface area contributed by atoms with Crippen molar-refractivity contribution in [2.45, 2.75) is 71.3 Å². The van der Waals surface area contributed by atoms with Gasteiger partial charge in [0.05, 0.1) is 11.6 Å². The molecule has 2 rings (SSSR count). The Labute approximate surface area is 152 Å². The highest BCUT2D eigenvalue weighted by atomic mass is 35.5. The van der Waals surface area contributed by atoms with Crippen molar-refractivity contribution in [3.05, 3.63) is 28.3 Å². The van der Waals surface area contributed by atoms with Crippen molar-refractivity contribution in [3.63, 3.8) is 0 Å². The summed E-state index contributed by atoms with van der Waals surface area (Å²) in [6.45, 7) is 9.63. The summed E-state index contributed by atoms with van der Waals surface area (Å²) in [5, 5.41) is 0.734. The van der Waals surface area contributed by atoms with Gasteiger partial charge < -0.3 is 10.5 Å². The zero-order valence-corrected chi connectivity index (χ0v) is 16.4. The third kappa shape index (κ3) is 5.55. The van der Waals surface area contributed by atoms with Gasteiger partial charge in [0.2, 0.25) is 0 Å². The summed E-state index contributed by atoms with van der Waals surface area (Å²) in [6, 6.07) is 4.49. The lowest BCUT2D eigenvalue weighted by atomic mass is 9.81. The maximum absolute atomic E-state index is 6.56. The van der Waals surface area contributed by atoms with E-state index in [1.54, 1.807) is 0 Å². The average Bonchev–Trinajstić information content (AvgIpc) is 3.30. The van der Waals surface area contributed by atoms with E-state index in [1.807, 2.05) is 0 Å². The number of nitrogens with two attached hydrogens (primary N) is 1. The van der Waals surface area contributed by atoms with Crippen LogP contribution in [0.5, 0.6) is 5.75 Å². The van der Waals surface area contributed by atoms with Gasteiger partial charge in [-0.3, -0.25) is 0 Å². The van der Waals surface area contributed by atoms with Crippen molar-refractivity contribution in [2.24, 2.45) is 11.7 Å². The molecule has 132 valence electrons. The minimum atomic E-state index is 0. The second-order valence-electron chi connectivity index (χ2n) is 7.31. The van der Waals surface area contributed by atoms with Gasteiger partial charge in [0.25, 0.3) is 0 Å². The second kappa shape index (κ2) is 8.60. The van der Waals surface area contributed by atoms with Gasteiger partial charge in [0.15, 0.2) is 0 Å². The number of hydrogen-bond acceptors (Lipinski definition) is 2. The van der Waals surface area contributed by atoms with E-state index in [1.165, 1.54) is 24.0 Å². The molecule has 2 nitrogen and oxygen atoms in total. The standard InChI is InChI=1S/C19H30ClNO.ClH/c1-5-16(21)10-14-9-15(19(3,4)6-2)11-17(20)18(14)22-12-13-7-8-13;/h9,11,13,16H,5-8,10,12,21H2,1-4H3;1H. The van der Waals surface area contributed by atoms with Crippen LogP contribution in [0.3, 0.4) is 0 Å². The lowest BCUT2D eigenvalue weighted by Crippen LogP contribution is -2.23. The van der Waals surface area contributed by atoms with E-state index in [0.717, 1.165) is 42.6 Å². The highest BCUT2D eigenvalue weighted by Gasteiger charge is 2.25. The average molecular weight is 360 g/mol. The molecule has 2 N–H and O–H groups in total. The predicted molar refractivity (Wildman–Crippen MR) is 102 cm³/mol. The molecule has 1 aromatic carbocycles. The quantitative estimate of drug-likeness (QED) is 0.663. The molecule has 1 aromatic rings. The third-order valence-corrected chi connectivity index (χ3v) is 5.23. The zero-order valence-electron chi connectivity index (χ0n) is 14.8. The first-order valence-electron chi connectivity index (χ1n) is 8.58. The SMILES string of the molecule is CCC(N)Cc1cc(C(C)(C)CC)cc(Cl)c1OCC1CC1.Cl. The van der Waals surface area contributed by atoms with Crippen LogP contribution in [-0.4, -0.2) is 12.6 Å². The maximum atomic E-state index is 6.56. The highest BCUT2D eigenvalue weighted by Crippen LogP contribution is 2.38. The van der Waals surface area contributed by atoms with Crippen molar-refractivity contribution < 1.29 is 4.74 Å². The summed E-state index contributed by atoms with van der Waals surface area (Å²) < 4.78 is 6.05. The maximum Gasteiger partial charge on any atom is 0.141 e. The number of benzene rings is 1. The summed E-state index contributed by atoms with van der Waals surface area (Å²) in [5.74, 6) is 1.57. The minimum absolute atomic E-state index is 0. The molecule has 0 aromatic heterocycles. The molecule has 0 amide bonds. The molecule has 0 aliphatic heterocycles. The summed E-state index contributed by atoms with van der Waals surface area (Å²) in [6.07, 6.45) is 5.42. The van der Waals surface area contributed by atoms with Crippen LogP contribution in [0.25, 0.3) is 0 Å². The minimum Gasteiger partial charge on any atom is -0.491 e. The van der Waals surface area contributed by atoms with E-state index in [0.29, 0.717) is 0 Å². The summed E-state index contributed by atoms with van der Waals surface area (Å²) in [5.41, 5.74) is 8.74. The molecule has 4 heteroatoms. The molecule has 1 atom stereocenters. The van der Waals surface area contributed by atoms with E-state index < -0.39 is 0 Å². The van der Waals surface area contributed by atoms with Crippen molar-refractivity contribution in [1.82, 2.24) is 0 Å². The fraction of sp³-hybridized carbons (Fsp3) is 0.684. The van der Waals surface area contributed by atoms with Crippen molar-refractivity contribution in [1.29, 1.82) is 0 Å². The van der Waals surface area contributed by atoms with E-state index in [9.17, 15) is 0 Å². The molecule has 1 fully saturated rings. The van der Waals surface area contributed by atoms with Gasteiger partial charge in [0.1, 0.15) is 5.75 Å². The first kappa shape index (κ1) is 20.6. The van der Waals surface area contributed by atoms with Crippen LogP contribution in [0.1, 0.15) is 64.5 Å². The van der Waals surface area contributed by atoms with Crippen LogP contribution in [0.15, 0.2) is 12.1 Å². The van der Waals surface area contributed by atoms with Gasteiger partial charge in [-0.2, -0.15) is 0 Å². The first-order chi connectivity index (χ1) is 10.4. The highest BCUT2D eigenvalue weighted by molar-refractivity contribution is 6.32. The summed E-state index contributed by atoms with van der Waals surface area (Å²) >= 11 is 6.56. The molecule has 1 aliphatic rings. The summed E-state index contributed by atoms with van der Waals surface area (Å²) in [4.78, 5) is 0. The van der Waals surface area contributed by atoms with Crippen LogP contribution in [0.4, 0.5) is 0 Å². The number of ether oxygens (including phenoxy) is 1. The lowest BCUT2D eigenvalue weighted by Gasteiger charge is -2.26. The molecule has 0 saturated heterocycles. The van der Waals surface area contributed by atoms with Gasteiger partial charge in [-0.05, 0) is 60.6 Å². The zero-order chi connectivity index (χ0) is 16.3. The molecular weight excluding hydrogens is 329 g/mol. The molecule has 0 heterocycles. The van der Waals surface area contributed by atoms with Crippen LogP contribution in [0, 0.1) is 5.92 Å². The molecule has 0 bridgehead atoms. The Morgan fingerprint density at radius 3 is 2.48 bits per heavy atom. The number of halogens is 2. The number of rotatable bonds is 8. The lowest BCUT2D eigenvalue weighted by molar-refractivity contribution is 0.296. The molecule has 0 spiro atoms. The number of hydrogen-bond donors (Lipinski definition) is 1. The predicted octanol–water partition coefficient (Wildman–Crippen LogP) is 5.52. The van der Waals surface area contributed by atoms with Gasteiger partial charge in [-0.15, -0.1) is 12.4 Å². The molecule has 1 unspecified atom stereocenters. The Hall–Kier alpha value is -0.440. The van der Waals surface area contributed by atoms with Crippen molar-refractivity contribution in [2.75, 3.05) is 6.61 Å². The van der Waals surface area contributed by atoms with Crippen molar-refractivity contribution in [3.8, 4) is 5.75 Å². The molecule has 23 heavy (non-hydrogen) atoms. The van der Waals surface area contributed by atoms with Gasteiger partial charge in [-0.1, -0.05) is 45.4 Å². The smallest absolute Gasteiger partial charge is 0.141 e. The fourth-order valence-corrected chi connectivity index (χ4v) is 2.76. The Morgan fingerprint density at radius 2 is 1.96 bits per heavy atom. The van der Waals surface area contributed by atoms with E-state index >= 15 is 0 Å². The van der Waals surface area contributed by atoms with E-state index in [2.05, 4.69) is 39.8 Å². The summed E-state index contributed by atoms with van der Waals surface area (Å²) in [7, 11) is 0. The van der Waals surface area contributed by atoms with Crippen molar-refractivity contribution >= 4 is 24.0 Å². The van der Waals surface area contributed by atoms with Crippen LogP contribution < -0.4 is 10.5 Å². The van der Waals surface area contributed by atoms with Crippen LogP contribution in [-0.2, 0) is 11.8 Å². The monoisotopic (exact) mass is 359 g/mol.